The fourth-order valence-electron chi connectivity index (χ4n) is 5.13. The minimum atomic E-state index is -0.280. The number of rotatable bonds is 4. The molecule has 27 heavy (non-hydrogen) atoms. The Morgan fingerprint density at radius 3 is 1.96 bits per heavy atom. The van der Waals surface area contributed by atoms with Gasteiger partial charge in [-0.1, -0.05) is 81.4 Å². The quantitative estimate of drug-likeness (QED) is 0.476. The lowest BCUT2D eigenvalue weighted by Crippen LogP contribution is -2.31. The smallest absolute Gasteiger partial charge is 0.309 e. The highest BCUT2D eigenvalue weighted by Gasteiger charge is 2.53. The molecule has 1 saturated carbocycles. The van der Waals surface area contributed by atoms with Crippen molar-refractivity contribution in [3.05, 3.63) is 71.8 Å². The summed E-state index contributed by atoms with van der Waals surface area (Å²) in [6.45, 7) is 8.95. The van der Waals surface area contributed by atoms with Gasteiger partial charge in [0.05, 0.1) is 13.0 Å². The summed E-state index contributed by atoms with van der Waals surface area (Å²) in [7, 11) is 1.50. The Labute approximate surface area is 163 Å². The molecule has 3 rings (SSSR count). The molecule has 0 radical (unpaired) electrons. The predicted molar refractivity (Wildman–Crippen MR) is 112 cm³/mol. The van der Waals surface area contributed by atoms with Gasteiger partial charge >= 0.3 is 5.97 Å². The van der Waals surface area contributed by atoms with Crippen LogP contribution in [-0.2, 0) is 9.53 Å². The lowest BCUT2D eigenvalue weighted by molar-refractivity contribution is -0.147. The first-order chi connectivity index (χ1) is 12.8. The average molecular weight is 363 g/mol. The molecule has 2 atom stereocenters. The van der Waals surface area contributed by atoms with E-state index in [2.05, 4.69) is 76.2 Å². The van der Waals surface area contributed by atoms with Crippen molar-refractivity contribution in [1.29, 1.82) is 0 Å². The Morgan fingerprint density at radius 1 is 0.926 bits per heavy atom. The number of hydrogen-bond donors (Lipinski definition) is 0. The zero-order valence-electron chi connectivity index (χ0n) is 17.1. The highest BCUT2D eigenvalue weighted by molar-refractivity contribution is 5.94. The summed E-state index contributed by atoms with van der Waals surface area (Å²) in [5, 5.41) is 0. The molecular formula is C25H30O2. The molecular weight excluding hydrogens is 332 g/mol. The Morgan fingerprint density at radius 2 is 1.44 bits per heavy atom. The summed E-state index contributed by atoms with van der Waals surface area (Å²) in [6.07, 6.45) is 1.79. The molecule has 0 aromatic heterocycles. The van der Waals surface area contributed by atoms with E-state index in [1.807, 2.05) is 12.1 Å². The molecule has 0 spiro atoms. The van der Waals surface area contributed by atoms with Gasteiger partial charge in [-0.15, -0.1) is 0 Å². The Bertz CT molecular complexity index is 833. The van der Waals surface area contributed by atoms with E-state index in [1.165, 1.54) is 29.4 Å². The van der Waals surface area contributed by atoms with E-state index in [1.54, 1.807) is 0 Å². The molecule has 2 aromatic carbocycles. The molecule has 1 aliphatic rings. The Kier molecular flexibility index (Phi) is 5.28. The van der Waals surface area contributed by atoms with E-state index >= 15 is 0 Å². The third-order valence-corrected chi connectivity index (χ3v) is 6.07. The number of carbonyl (C=O) groups excluding carboxylic acids is 1. The molecule has 0 N–H and O–H groups in total. The largest absolute Gasteiger partial charge is 0.469 e. The maximum absolute atomic E-state index is 12.8. The topological polar surface area (TPSA) is 26.3 Å². The first kappa shape index (κ1) is 19.4. The monoisotopic (exact) mass is 362 g/mol. The summed E-state index contributed by atoms with van der Waals surface area (Å²) in [5.74, 6) is -0.247. The first-order valence-electron chi connectivity index (χ1n) is 9.68. The van der Waals surface area contributed by atoms with E-state index in [9.17, 15) is 4.79 Å². The van der Waals surface area contributed by atoms with Crippen molar-refractivity contribution in [2.75, 3.05) is 7.11 Å². The number of benzene rings is 2. The number of hydrogen-bond acceptors (Lipinski definition) is 2. The van der Waals surface area contributed by atoms with Gasteiger partial charge in [0, 0.05) is 5.41 Å². The zero-order valence-corrected chi connectivity index (χ0v) is 17.1. The second kappa shape index (κ2) is 7.34. The second-order valence-corrected chi connectivity index (χ2v) is 8.77. The summed E-state index contributed by atoms with van der Waals surface area (Å²) in [6, 6.07) is 21.0. The van der Waals surface area contributed by atoms with Crippen LogP contribution in [0.4, 0.5) is 0 Å². The van der Waals surface area contributed by atoms with E-state index in [0.717, 1.165) is 12.8 Å². The molecule has 1 fully saturated rings. The van der Waals surface area contributed by atoms with Gasteiger partial charge in [0.25, 0.3) is 0 Å². The number of ether oxygens (including phenoxy) is 1. The fourth-order valence-corrected chi connectivity index (χ4v) is 5.13. The fraction of sp³-hybridized carbons (Fsp3) is 0.400. The number of esters is 1. The van der Waals surface area contributed by atoms with E-state index in [-0.39, 0.29) is 22.7 Å². The normalized spacial score (nSPS) is 25.0. The van der Waals surface area contributed by atoms with Crippen LogP contribution in [0.3, 0.4) is 0 Å². The van der Waals surface area contributed by atoms with Crippen molar-refractivity contribution in [3.8, 4) is 0 Å². The molecule has 142 valence electrons. The average Bonchev–Trinajstić information content (AvgIpc) is 2.92. The molecule has 0 aliphatic heterocycles. The SMILES string of the molecule is COC(=O)[C@@H]1CC(C)(C)CC1(C)/C(=C(\C)c1ccccc1)c1ccccc1. The number of allylic oxidation sites excluding steroid dienone is 2. The van der Waals surface area contributed by atoms with Gasteiger partial charge < -0.3 is 4.74 Å². The van der Waals surface area contributed by atoms with Gasteiger partial charge in [0.15, 0.2) is 0 Å². The molecule has 2 heteroatoms. The highest BCUT2D eigenvalue weighted by atomic mass is 16.5. The highest BCUT2D eigenvalue weighted by Crippen LogP contribution is 2.60. The van der Waals surface area contributed by atoms with Crippen molar-refractivity contribution >= 4 is 17.1 Å². The molecule has 0 bridgehead atoms. The molecule has 2 nitrogen and oxygen atoms in total. The lowest BCUT2D eigenvalue weighted by atomic mass is 9.68. The first-order valence-corrected chi connectivity index (χ1v) is 9.68. The standard InChI is InChI=1S/C25H30O2/c1-18(19-12-8-6-9-13-19)22(20-14-10-7-11-15-20)25(4)17-24(2,3)16-21(25)23(26)27-5/h6-15,21H,16-17H2,1-5H3/b22-18+/t21-,25?/m0/s1. The van der Waals surface area contributed by atoms with Gasteiger partial charge in [-0.3, -0.25) is 4.79 Å². The third kappa shape index (κ3) is 3.71. The van der Waals surface area contributed by atoms with Crippen LogP contribution in [0.1, 0.15) is 51.7 Å². The van der Waals surface area contributed by atoms with Crippen LogP contribution in [0, 0.1) is 16.7 Å². The minimum Gasteiger partial charge on any atom is -0.469 e. The van der Waals surface area contributed by atoms with Crippen LogP contribution in [0.25, 0.3) is 11.1 Å². The van der Waals surface area contributed by atoms with Crippen molar-refractivity contribution < 1.29 is 9.53 Å². The van der Waals surface area contributed by atoms with Crippen molar-refractivity contribution in [2.45, 2.75) is 40.5 Å². The zero-order chi connectivity index (χ0) is 19.7. The summed E-state index contributed by atoms with van der Waals surface area (Å²) >= 11 is 0. The van der Waals surface area contributed by atoms with Gasteiger partial charge in [0.2, 0.25) is 0 Å². The molecule has 1 unspecified atom stereocenters. The lowest BCUT2D eigenvalue weighted by Gasteiger charge is -2.35. The maximum atomic E-state index is 12.8. The maximum Gasteiger partial charge on any atom is 0.309 e. The third-order valence-electron chi connectivity index (χ3n) is 6.07. The Balaban J connectivity index is 2.26. The van der Waals surface area contributed by atoms with Crippen LogP contribution in [0.15, 0.2) is 60.7 Å². The number of methoxy groups -OCH3 is 1. The molecule has 0 amide bonds. The van der Waals surface area contributed by atoms with Crippen LogP contribution in [-0.4, -0.2) is 13.1 Å². The molecule has 0 saturated heterocycles. The molecule has 0 heterocycles. The van der Waals surface area contributed by atoms with E-state index in [4.69, 9.17) is 4.74 Å². The Hall–Kier alpha value is -2.35. The molecule has 2 aromatic rings. The van der Waals surface area contributed by atoms with Gasteiger partial charge in [-0.25, -0.2) is 0 Å². The van der Waals surface area contributed by atoms with Crippen molar-refractivity contribution in [2.24, 2.45) is 16.7 Å². The van der Waals surface area contributed by atoms with Gasteiger partial charge in [-0.2, -0.15) is 0 Å². The minimum absolute atomic E-state index is 0.0879. The van der Waals surface area contributed by atoms with Crippen LogP contribution >= 0.6 is 0 Å². The summed E-state index contributed by atoms with van der Waals surface area (Å²) < 4.78 is 5.23. The van der Waals surface area contributed by atoms with E-state index in [0.29, 0.717) is 0 Å². The van der Waals surface area contributed by atoms with E-state index < -0.39 is 0 Å². The van der Waals surface area contributed by atoms with Gasteiger partial charge in [0.1, 0.15) is 0 Å². The van der Waals surface area contributed by atoms with Crippen LogP contribution in [0.5, 0.6) is 0 Å². The van der Waals surface area contributed by atoms with Gasteiger partial charge in [-0.05, 0) is 47.5 Å². The number of carbonyl (C=O) groups is 1. The van der Waals surface area contributed by atoms with Crippen LogP contribution < -0.4 is 0 Å². The second-order valence-electron chi connectivity index (χ2n) is 8.77. The summed E-state index contributed by atoms with van der Waals surface area (Å²) in [5.41, 5.74) is 4.69. The van der Waals surface area contributed by atoms with Crippen molar-refractivity contribution in [1.82, 2.24) is 0 Å². The van der Waals surface area contributed by atoms with Crippen molar-refractivity contribution in [3.63, 3.8) is 0 Å². The predicted octanol–water partition coefficient (Wildman–Crippen LogP) is 6.23. The molecule has 1 aliphatic carbocycles. The van der Waals surface area contributed by atoms with Crippen LogP contribution in [0.2, 0.25) is 0 Å². The summed E-state index contributed by atoms with van der Waals surface area (Å²) in [4.78, 5) is 12.8.